The summed E-state index contributed by atoms with van der Waals surface area (Å²) in [5.74, 6) is 1.09. The highest BCUT2D eigenvalue weighted by Crippen LogP contribution is 2.36. The molecule has 0 aliphatic carbocycles. The average Bonchev–Trinajstić information content (AvgIpc) is 3.30. The fraction of sp³-hybridized carbons (Fsp3) is 0.125. The van der Waals surface area contributed by atoms with Crippen LogP contribution in [-0.4, -0.2) is 24.1 Å². The number of nitriles is 2. The third-order valence-electron chi connectivity index (χ3n) is 5.61. The maximum atomic E-state index is 9.51. The summed E-state index contributed by atoms with van der Waals surface area (Å²) < 4.78 is 3.81. The number of rotatable bonds is 4. The second-order valence-electron chi connectivity index (χ2n) is 7.45. The molecule has 0 fully saturated rings. The topological polar surface area (TPSA) is 122 Å². The Kier molecular flexibility index (Phi) is 4.54. The van der Waals surface area contributed by atoms with Gasteiger partial charge in [0.15, 0.2) is 17.0 Å². The Morgan fingerprint density at radius 1 is 0.906 bits per heavy atom. The normalized spacial score (nSPS) is 11.0. The Balaban J connectivity index is 1.76. The predicted octanol–water partition coefficient (Wildman–Crippen LogP) is 3.55. The molecule has 3 aromatic heterocycles. The van der Waals surface area contributed by atoms with Gasteiger partial charge in [-0.1, -0.05) is 42.5 Å². The largest absolute Gasteiger partial charge is 0.384 e. The molecule has 32 heavy (non-hydrogen) atoms. The van der Waals surface area contributed by atoms with E-state index in [1.54, 1.807) is 0 Å². The first-order chi connectivity index (χ1) is 15.6. The Hall–Kier alpha value is -4.69. The smallest absolute Gasteiger partial charge is 0.179 e. The highest BCUT2D eigenvalue weighted by Gasteiger charge is 2.25. The van der Waals surface area contributed by atoms with E-state index in [0.717, 1.165) is 23.0 Å². The monoisotopic (exact) mass is 418 g/mol. The first kappa shape index (κ1) is 19.3. The van der Waals surface area contributed by atoms with Crippen LogP contribution < -0.4 is 5.73 Å². The van der Waals surface area contributed by atoms with Crippen molar-refractivity contribution in [1.29, 1.82) is 10.5 Å². The third kappa shape index (κ3) is 2.94. The molecule has 0 radical (unpaired) electrons. The van der Waals surface area contributed by atoms with Gasteiger partial charge in [0.2, 0.25) is 0 Å². The lowest BCUT2D eigenvalue weighted by molar-refractivity contribution is 0.724. The van der Waals surface area contributed by atoms with Crippen LogP contribution in [0.5, 0.6) is 0 Å². The van der Waals surface area contributed by atoms with Crippen LogP contribution in [0.3, 0.4) is 0 Å². The van der Waals surface area contributed by atoms with Gasteiger partial charge in [0, 0.05) is 13.6 Å². The van der Waals surface area contributed by atoms with Crippen LogP contribution in [0, 0.1) is 22.7 Å². The van der Waals surface area contributed by atoms with Crippen LogP contribution in [0.1, 0.15) is 17.0 Å². The van der Waals surface area contributed by atoms with E-state index < -0.39 is 0 Å². The quantitative estimate of drug-likeness (QED) is 0.476. The molecule has 0 saturated heterocycles. The van der Waals surface area contributed by atoms with Gasteiger partial charge in [0.05, 0.1) is 16.6 Å². The molecule has 2 aromatic carbocycles. The average molecular weight is 418 g/mol. The Morgan fingerprint density at radius 2 is 1.59 bits per heavy atom. The maximum Gasteiger partial charge on any atom is 0.179 e. The number of aryl methyl sites for hydroxylation is 3. The zero-order valence-corrected chi connectivity index (χ0v) is 17.3. The van der Waals surface area contributed by atoms with Crippen LogP contribution in [0.2, 0.25) is 0 Å². The summed E-state index contributed by atoms with van der Waals surface area (Å²) in [6, 6.07) is 21.8. The van der Waals surface area contributed by atoms with Gasteiger partial charge in [-0.15, -0.1) is 0 Å². The van der Waals surface area contributed by atoms with E-state index in [1.165, 1.54) is 0 Å². The number of imidazole rings is 1. The van der Waals surface area contributed by atoms with E-state index in [2.05, 4.69) is 22.1 Å². The molecule has 5 rings (SSSR count). The Labute approximate surface area is 183 Å². The highest BCUT2D eigenvalue weighted by atomic mass is 15.1. The van der Waals surface area contributed by atoms with Gasteiger partial charge in [-0.25, -0.2) is 15.0 Å². The maximum absolute atomic E-state index is 9.51. The molecule has 0 bridgehead atoms. The second-order valence-corrected chi connectivity index (χ2v) is 7.45. The third-order valence-corrected chi connectivity index (χ3v) is 5.61. The number of nitrogens with two attached hydrogens (primary N) is 1. The number of anilines is 1. The van der Waals surface area contributed by atoms with E-state index in [1.807, 2.05) is 70.8 Å². The molecule has 0 atom stereocenters. The molecule has 3 heterocycles. The summed E-state index contributed by atoms with van der Waals surface area (Å²) in [6.07, 6.45) is 0.723. The standard InChI is InChI=1S/C24H18N8/c1-31-19-10-6-5-9-16(19)29-23(31)20-21-24(30-18(14-26)17(13-25)28-21)32(22(20)27)12-11-15-7-3-2-4-8-15/h2-10H,11-12,27H2,1H3. The molecular weight excluding hydrogens is 400 g/mol. The Bertz CT molecular complexity index is 1560. The number of hydrogen-bond acceptors (Lipinski definition) is 6. The van der Waals surface area contributed by atoms with Crippen molar-refractivity contribution in [1.82, 2.24) is 24.1 Å². The van der Waals surface area contributed by atoms with Crippen LogP contribution in [0.25, 0.3) is 33.6 Å². The van der Waals surface area contributed by atoms with Gasteiger partial charge >= 0.3 is 0 Å². The van der Waals surface area contributed by atoms with Crippen molar-refractivity contribution in [3.63, 3.8) is 0 Å². The number of para-hydroxylation sites is 2. The number of nitrogens with zero attached hydrogens (tertiary/aromatic N) is 7. The minimum absolute atomic E-state index is 0.0185. The van der Waals surface area contributed by atoms with E-state index in [4.69, 9.17) is 10.7 Å². The summed E-state index contributed by atoms with van der Waals surface area (Å²) in [5, 5.41) is 19.0. The molecule has 5 aromatic rings. The van der Waals surface area contributed by atoms with Gasteiger partial charge in [-0.3, -0.25) is 0 Å². The summed E-state index contributed by atoms with van der Waals surface area (Å²) in [6.45, 7) is 0.543. The van der Waals surface area contributed by atoms with Gasteiger partial charge in [-0.2, -0.15) is 10.5 Å². The van der Waals surface area contributed by atoms with Gasteiger partial charge in [0.1, 0.15) is 29.3 Å². The van der Waals surface area contributed by atoms with Crippen LogP contribution in [-0.2, 0) is 20.0 Å². The van der Waals surface area contributed by atoms with Crippen LogP contribution in [0.4, 0.5) is 5.82 Å². The zero-order valence-electron chi connectivity index (χ0n) is 17.3. The SMILES string of the molecule is Cn1c(-c2c(N)n(CCc3ccccc3)c3nc(C#N)c(C#N)nc23)nc2ccccc21. The summed E-state index contributed by atoms with van der Waals surface area (Å²) >= 11 is 0. The van der Waals surface area contributed by atoms with Crippen molar-refractivity contribution in [3.8, 4) is 23.5 Å². The highest BCUT2D eigenvalue weighted by molar-refractivity contribution is 5.99. The molecule has 0 amide bonds. The number of benzene rings is 2. The van der Waals surface area contributed by atoms with Crippen LogP contribution in [0.15, 0.2) is 54.6 Å². The molecule has 154 valence electrons. The van der Waals surface area contributed by atoms with Crippen molar-refractivity contribution in [2.24, 2.45) is 7.05 Å². The van der Waals surface area contributed by atoms with Gasteiger partial charge < -0.3 is 14.9 Å². The first-order valence-corrected chi connectivity index (χ1v) is 10.1. The molecule has 8 nitrogen and oxygen atoms in total. The van der Waals surface area contributed by atoms with E-state index in [-0.39, 0.29) is 11.4 Å². The fourth-order valence-electron chi connectivity index (χ4n) is 4.01. The van der Waals surface area contributed by atoms with E-state index in [9.17, 15) is 10.5 Å². The van der Waals surface area contributed by atoms with Crippen molar-refractivity contribution >= 4 is 28.0 Å². The Morgan fingerprint density at radius 3 is 2.31 bits per heavy atom. The molecule has 0 aliphatic heterocycles. The minimum atomic E-state index is -0.0276. The summed E-state index contributed by atoms with van der Waals surface area (Å²) in [5.41, 5.74) is 11.1. The number of fused-ring (bicyclic) bond motifs is 2. The van der Waals surface area contributed by atoms with Crippen molar-refractivity contribution < 1.29 is 0 Å². The molecule has 0 unspecified atom stereocenters. The molecule has 0 saturated carbocycles. The zero-order chi connectivity index (χ0) is 22.2. The lowest BCUT2D eigenvalue weighted by atomic mass is 10.1. The first-order valence-electron chi connectivity index (χ1n) is 10.1. The van der Waals surface area contributed by atoms with E-state index >= 15 is 0 Å². The van der Waals surface area contributed by atoms with E-state index in [0.29, 0.717) is 34.9 Å². The summed E-state index contributed by atoms with van der Waals surface area (Å²) in [7, 11) is 1.92. The fourth-order valence-corrected chi connectivity index (χ4v) is 4.01. The van der Waals surface area contributed by atoms with Gasteiger partial charge in [-0.05, 0) is 24.1 Å². The number of hydrogen-bond donors (Lipinski definition) is 1. The summed E-state index contributed by atoms with van der Waals surface area (Å²) in [4.78, 5) is 13.7. The van der Waals surface area contributed by atoms with Crippen molar-refractivity contribution in [3.05, 3.63) is 71.5 Å². The van der Waals surface area contributed by atoms with Gasteiger partial charge in [0.25, 0.3) is 0 Å². The van der Waals surface area contributed by atoms with Crippen molar-refractivity contribution in [2.75, 3.05) is 5.73 Å². The second kappa shape index (κ2) is 7.53. The molecular formula is C24H18N8. The number of aromatic nitrogens is 5. The lowest BCUT2D eigenvalue weighted by Crippen LogP contribution is -2.07. The predicted molar refractivity (Wildman–Crippen MR) is 121 cm³/mol. The van der Waals surface area contributed by atoms with Crippen molar-refractivity contribution in [2.45, 2.75) is 13.0 Å². The van der Waals surface area contributed by atoms with Crippen LogP contribution >= 0.6 is 0 Å². The lowest BCUT2D eigenvalue weighted by Gasteiger charge is -2.08. The molecule has 0 aliphatic rings. The molecule has 0 spiro atoms. The minimum Gasteiger partial charge on any atom is -0.384 e. The molecule has 2 N–H and O–H groups in total. The number of nitrogen functional groups attached to an aromatic ring is 1. The molecule has 8 heteroatoms.